The van der Waals surface area contributed by atoms with Crippen molar-refractivity contribution in [1.82, 2.24) is 9.55 Å². The highest BCUT2D eigenvalue weighted by Gasteiger charge is 2.37. The maximum atomic E-state index is 15.6. The Bertz CT molecular complexity index is 1160. The highest BCUT2D eigenvalue weighted by atomic mass is 19.1. The molecular formula is C22H26FN3O3. The minimum absolute atomic E-state index is 0.0112. The number of fused-ring (bicyclic) bond motifs is 2. The molecule has 0 radical (unpaired) electrons. The van der Waals surface area contributed by atoms with Gasteiger partial charge in [0, 0.05) is 36.2 Å². The number of nitrogens with zero attached hydrogens (tertiary/aromatic N) is 2. The molecule has 29 heavy (non-hydrogen) atoms. The maximum absolute atomic E-state index is 15.6. The number of nitrogens with one attached hydrogen (secondary N) is 1. The number of hydrogen-bond donors (Lipinski definition) is 2. The van der Waals surface area contributed by atoms with Gasteiger partial charge in [-0.15, -0.1) is 0 Å². The summed E-state index contributed by atoms with van der Waals surface area (Å²) in [5.41, 5.74) is 2.12. The fourth-order valence-electron chi connectivity index (χ4n) is 5.21. The number of aliphatic hydroxyl groups excluding tert-OH is 1. The van der Waals surface area contributed by atoms with Crippen LogP contribution in [0.4, 0.5) is 10.1 Å². The van der Waals surface area contributed by atoms with E-state index in [-0.39, 0.29) is 22.9 Å². The van der Waals surface area contributed by atoms with Gasteiger partial charge in [0.25, 0.3) is 5.56 Å². The van der Waals surface area contributed by atoms with Gasteiger partial charge in [-0.1, -0.05) is 6.08 Å². The van der Waals surface area contributed by atoms with Gasteiger partial charge in [0.1, 0.15) is 0 Å². The first kappa shape index (κ1) is 18.6. The number of benzene rings is 1. The topological polar surface area (TPSA) is 78.3 Å². The zero-order chi connectivity index (χ0) is 20.4. The van der Waals surface area contributed by atoms with E-state index in [0.29, 0.717) is 29.9 Å². The van der Waals surface area contributed by atoms with Crippen LogP contribution in [0.1, 0.15) is 49.3 Å². The molecule has 1 aliphatic heterocycles. The van der Waals surface area contributed by atoms with Crippen molar-refractivity contribution in [2.75, 3.05) is 18.0 Å². The van der Waals surface area contributed by atoms with Gasteiger partial charge in [-0.25, -0.2) is 9.18 Å². The molecule has 1 aromatic heterocycles. The summed E-state index contributed by atoms with van der Waals surface area (Å²) < 4.78 is 17.2. The van der Waals surface area contributed by atoms with Gasteiger partial charge in [0.15, 0.2) is 5.82 Å². The molecule has 1 aromatic carbocycles. The summed E-state index contributed by atoms with van der Waals surface area (Å²) in [5.74, 6) is -0.398. The summed E-state index contributed by atoms with van der Waals surface area (Å²) >= 11 is 0. The predicted molar refractivity (Wildman–Crippen MR) is 110 cm³/mol. The first-order valence-electron chi connectivity index (χ1n) is 10.5. The predicted octanol–water partition coefficient (Wildman–Crippen LogP) is 2.69. The smallest absolute Gasteiger partial charge is 0.329 e. The molecule has 1 saturated heterocycles. The van der Waals surface area contributed by atoms with Crippen molar-refractivity contribution in [2.24, 2.45) is 5.92 Å². The summed E-state index contributed by atoms with van der Waals surface area (Å²) in [6.07, 6.45) is 6.21. The van der Waals surface area contributed by atoms with E-state index in [1.807, 2.05) is 4.90 Å². The van der Waals surface area contributed by atoms with Crippen LogP contribution in [0.5, 0.6) is 0 Å². The van der Waals surface area contributed by atoms with Crippen molar-refractivity contribution in [3.05, 3.63) is 49.4 Å². The molecule has 2 aliphatic carbocycles. The van der Waals surface area contributed by atoms with E-state index >= 15 is 4.39 Å². The van der Waals surface area contributed by atoms with Crippen LogP contribution >= 0.6 is 0 Å². The molecule has 154 valence electrons. The largest absolute Gasteiger partial charge is 0.392 e. The molecule has 0 amide bonds. The Labute approximate surface area is 167 Å². The van der Waals surface area contributed by atoms with Crippen molar-refractivity contribution in [3.63, 3.8) is 0 Å². The van der Waals surface area contributed by atoms with E-state index in [2.05, 4.69) is 11.1 Å². The Morgan fingerprint density at radius 3 is 2.66 bits per heavy atom. The Hall–Kier alpha value is -2.41. The van der Waals surface area contributed by atoms with Gasteiger partial charge in [0.05, 0.1) is 22.7 Å². The number of hydrogen-bond acceptors (Lipinski definition) is 4. The molecule has 6 nitrogen and oxygen atoms in total. The number of halogens is 1. The monoisotopic (exact) mass is 399 g/mol. The van der Waals surface area contributed by atoms with Crippen LogP contribution in [0.25, 0.3) is 10.9 Å². The normalized spacial score (nSPS) is 24.6. The highest BCUT2D eigenvalue weighted by molar-refractivity contribution is 5.90. The van der Waals surface area contributed by atoms with Crippen LogP contribution in [0.3, 0.4) is 0 Å². The lowest BCUT2D eigenvalue weighted by Crippen LogP contribution is -2.32. The molecule has 2 atom stereocenters. The second-order valence-electron chi connectivity index (χ2n) is 8.76. The summed E-state index contributed by atoms with van der Waals surface area (Å²) in [6.45, 7) is 4.53. The standard InChI is InChI=1S/C22H26FN3O3/c1-11-17-19(26(14-7-8-14)22(29)24-21(17)28)12(2)20(18(11)23)25-9-13-5-3-4-6-16(27)15(13)10-25/h5,14-16,27H,3-4,6-10H2,1-2H3,(H,24,28,29). The van der Waals surface area contributed by atoms with Crippen molar-refractivity contribution < 1.29 is 9.50 Å². The Balaban J connectivity index is 1.73. The van der Waals surface area contributed by atoms with Gasteiger partial charge >= 0.3 is 5.69 Å². The van der Waals surface area contributed by atoms with Crippen molar-refractivity contribution >= 4 is 16.6 Å². The number of aliphatic hydroxyl groups is 1. The Morgan fingerprint density at radius 2 is 1.93 bits per heavy atom. The van der Waals surface area contributed by atoms with E-state index in [0.717, 1.165) is 37.7 Å². The third-order valence-electron chi connectivity index (χ3n) is 6.84. The first-order chi connectivity index (χ1) is 13.9. The Kier molecular flexibility index (Phi) is 4.21. The Morgan fingerprint density at radius 1 is 1.17 bits per heavy atom. The SMILES string of the molecule is Cc1c(F)c(N2CC3=CCCCC(O)C3C2)c(C)c2c1c(=O)[nH]c(=O)n2C1CC1. The molecule has 2 heterocycles. The van der Waals surface area contributed by atoms with Crippen LogP contribution in [0, 0.1) is 25.6 Å². The summed E-state index contributed by atoms with van der Waals surface area (Å²) in [6, 6.07) is 0.0625. The van der Waals surface area contributed by atoms with Crippen molar-refractivity contribution in [3.8, 4) is 0 Å². The summed E-state index contributed by atoms with van der Waals surface area (Å²) in [5, 5.41) is 10.8. The molecule has 0 spiro atoms. The van der Waals surface area contributed by atoms with Gasteiger partial charge in [0.2, 0.25) is 0 Å². The molecule has 2 N–H and O–H groups in total. The second kappa shape index (κ2) is 6.55. The molecule has 1 saturated carbocycles. The molecule has 2 unspecified atom stereocenters. The van der Waals surface area contributed by atoms with Crippen LogP contribution in [-0.4, -0.2) is 33.9 Å². The lowest BCUT2D eigenvalue weighted by Gasteiger charge is -2.25. The average Bonchev–Trinajstić information content (AvgIpc) is 3.44. The van der Waals surface area contributed by atoms with E-state index in [1.54, 1.807) is 18.4 Å². The number of rotatable bonds is 2. The maximum Gasteiger partial charge on any atom is 0.329 e. The van der Waals surface area contributed by atoms with Crippen LogP contribution < -0.4 is 16.1 Å². The molecule has 5 rings (SSSR count). The average molecular weight is 399 g/mol. The van der Waals surface area contributed by atoms with Gasteiger partial charge in [-0.3, -0.25) is 14.3 Å². The van der Waals surface area contributed by atoms with Gasteiger partial charge in [-0.2, -0.15) is 0 Å². The van der Waals surface area contributed by atoms with Gasteiger partial charge < -0.3 is 10.0 Å². The van der Waals surface area contributed by atoms with E-state index < -0.39 is 23.2 Å². The molecule has 2 aromatic rings. The molecule has 0 bridgehead atoms. The summed E-state index contributed by atoms with van der Waals surface area (Å²) in [4.78, 5) is 29.5. The number of allylic oxidation sites excluding steroid dienone is 1. The zero-order valence-corrected chi connectivity index (χ0v) is 16.8. The summed E-state index contributed by atoms with van der Waals surface area (Å²) in [7, 11) is 0. The van der Waals surface area contributed by atoms with Crippen molar-refractivity contribution in [2.45, 2.75) is 58.1 Å². The van der Waals surface area contributed by atoms with Crippen LogP contribution in [0.2, 0.25) is 0 Å². The second-order valence-corrected chi connectivity index (χ2v) is 8.76. The van der Waals surface area contributed by atoms with Crippen molar-refractivity contribution in [1.29, 1.82) is 0 Å². The number of aromatic amines is 1. The third-order valence-corrected chi connectivity index (χ3v) is 6.84. The van der Waals surface area contributed by atoms with Crippen LogP contribution in [-0.2, 0) is 0 Å². The minimum Gasteiger partial charge on any atom is -0.392 e. The highest BCUT2D eigenvalue weighted by Crippen LogP contribution is 2.42. The van der Waals surface area contributed by atoms with E-state index in [9.17, 15) is 14.7 Å². The quantitative estimate of drug-likeness (QED) is 0.761. The first-order valence-corrected chi connectivity index (χ1v) is 10.5. The minimum atomic E-state index is -0.530. The molecule has 7 heteroatoms. The zero-order valence-electron chi connectivity index (χ0n) is 16.8. The molecule has 3 aliphatic rings. The van der Waals surface area contributed by atoms with E-state index in [1.165, 1.54) is 0 Å². The molecular weight excluding hydrogens is 373 g/mol. The fourth-order valence-corrected chi connectivity index (χ4v) is 5.21. The van der Waals surface area contributed by atoms with Crippen LogP contribution in [0.15, 0.2) is 21.2 Å². The fraction of sp³-hybridized carbons (Fsp3) is 0.545. The lowest BCUT2D eigenvalue weighted by atomic mass is 9.96. The van der Waals surface area contributed by atoms with Gasteiger partial charge in [-0.05, 0) is 51.5 Å². The number of H-pyrrole nitrogens is 1. The molecule has 2 fully saturated rings. The van der Waals surface area contributed by atoms with E-state index in [4.69, 9.17) is 0 Å². The number of aryl methyl sites for hydroxylation is 2. The lowest BCUT2D eigenvalue weighted by molar-refractivity contribution is 0.125. The number of anilines is 1. The third kappa shape index (κ3) is 2.78. The number of aromatic nitrogens is 2.